The summed E-state index contributed by atoms with van der Waals surface area (Å²) in [6.45, 7) is -15.6. The van der Waals surface area contributed by atoms with Gasteiger partial charge in [0.15, 0.2) is 5.78 Å². The van der Waals surface area contributed by atoms with Crippen LogP contribution in [0.4, 0.5) is 5.69 Å². The van der Waals surface area contributed by atoms with Crippen LogP contribution in [-0.2, 0) is 16.6 Å². The van der Waals surface area contributed by atoms with E-state index in [-0.39, 0.29) is 33.7 Å². The number of hydrogen-bond acceptors (Lipinski definition) is 5. The van der Waals surface area contributed by atoms with Crippen molar-refractivity contribution >= 4 is 22.4 Å². The Morgan fingerprint density at radius 1 is 1.25 bits per heavy atom. The summed E-state index contributed by atoms with van der Waals surface area (Å²) < 4.78 is 134. The van der Waals surface area contributed by atoms with Crippen LogP contribution in [0.5, 0.6) is 0 Å². The Hall–Kier alpha value is -3.14. The van der Waals surface area contributed by atoms with Crippen molar-refractivity contribution in [1.82, 2.24) is 9.88 Å². The molecule has 0 spiro atoms. The van der Waals surface area contributed by atoms with E-state index in [4.69, 9.17) is 19.2 Å². The van der Waals surface area contributed by atoms with Gasteiger partial charge in [-0.25, -0.2) is 0 Å². The number of anilines is 1. The Kier molecular flexibility index (Phi) is 2.90. The summed E-state index contributed by atoms with van der Waals surface area (Å²) >= 11 is 0. The first kappa shape index (κ1) is 11.9. The standard InChI is InChI=1S/C30H34N4O2/c1-4-20-16-23-24(17-26(20)34-9-7-21(8-10-34)33-11-13-36-14-12-33)30(2,3)29-27(28(23)35)22-6-5-19(18-31)15-25(22)32-29/h5-6,15-17,21,32H,4,7-14H2,1-3H3/i2D,3D,7D2,8D2,11D2,12D2,13D2,14D2,21D. The fourth-order valence-electron chi connectivity index (χ4n) is 5.02. The van der Waals surface area contributed by atoms with Crippen molar-refractivity contribution in [2.45, 2.75) is 51.3 Å². The molecule has 0 radical (unpaired) electrons. The van der Waals surface area contributed by atoms with Crippen molar-refractivity contribution in [3.8, 4) is 6.07 Å². The Balaban J connectivity index is 1.52. The minimum Gasteiger partial charge on any atom is -0.379 e. The Morgan fingerprint density at radius 2 is 2.03 bits per heavy atom. The van der Waals surface area contributed by atoms with Crippen LogP contribution < -0.4 is 4.90 Å². The van der Waals surface area contributed by atoms with Crippen LogP contribution in [0.3, 0.4) is 0 Å². The van der Waals surface area contributed by atoms with Gasteiger partial charge >= 0.3 is 0 Å². The van der Waals surface area contributed by atoms with Crippen molar-refractivity contribution in [1.29, 1.82) is 5.26 Å². The zero-order chi connectivity index (χ0) is 38.1. The number of ether oxygens (including phenoxy) is 1. The summed E-state index contributed by atoms with van der Waals surface area (Å²) in [5.41, 5.74) is 0.979. The summed E-state index contributed by atoms with van der Waals surface area (Å²) in [5.74, 6) is -0.412. The molecule has 186 valence electrons. The number of hydrogen-bond donors (Lipinski definition) is 1. The molecule has 2 aromatic carbocycles. The molecule has 6 rings (SSSR count). The van der Waals surface area contributed by atoms with E-state index in [9.17, 15) is 11.4 Å². The van der Waals surface area contributed by atoms with E-state index >= 15 is 0 Å². The molecule has 1 aliphatic carbocycles. The molecule has 1 N–H and O–H groups in total. The summed E-state index contributed by atoms with van der Waals surface area (Å²) in [5, 5.41) is 9.95. The predicted octanol–water partition coefficient (Wildman–Crippen LogP) is 4.77. The van der Waals surface area contributed by atoms with Gasteiger partial charge in [-0.15, -0.1) is 0 Å². The van der Waals surface area contributed by atoms with E-state index in [2.05, 4.69) is 9.72 Å². The molecule has 0 saturated carbocycles. The highest BCUT2D eigenvalue weighted by molar-refractivity contribution is 6.20. The zero-order valence-corrected chi connectivity index (χ0v) is 19.6. The number of fused-ring (bicyclic) bond motifs is 4. The van der Waals surface area contributed by atoms with Gasteiger partial charge in [0.1, 0.15) is 0 Å². The fourth-order valence-corrected chi connectivity index (χ4v) is 5.02. The van der Waals surface area contributed by atoms with Crippen LogP contribution in [0.2, 0.25) is 0 Å². The fraction of sp³-hybridized carbons (Fsp3) is 0.467. The van der Waals surface area contributed by atoms with Crippen LogP contribution in [-0.4, -0.2) is 60.9 Å². The molecule has 2 fully saturated rings. The minimum atomic E-state index is -3.75. The maximum absolute atomic E-state index is 14.2. The highest BCUT2D eigenvalue weighted by Gasteiger charge is 2.40. The van der Waals surface area contributed by atoms with Crippen molar-refractivity contribution in [3.05, 3.63) is 63.8 Å². The van der Waals surface area contributed by atoms with E-state index < -0.39 is 83.0 Å². The first-order chi connectivity index (χ1) is 23.4. The maximum atomic E-state index is 14.2. The van der Waals surface area contributed by atoms with Crippen molar-refractivity contribution < 1.29 is 30.1 Å². The lowest BCUT2D eigenvalue weighted by atomic mass is 9.70. The Morgan fingerprint density at radius 3 is 2.72 bits per heavy atom. The average molecular weight is 498 g/mol. The molecule has 1 aromatic heterocycles. The van der Waals surface area contributed by atoms with Crippen molar-refractivity contribution in [2.24, 2.45) is 0 Å². The predicted molar refractivity (Wildman–Crippen MR) is 142 cm³/mol. The van der Waals surface area contributed by atoms with Gasteiger partial charge in [0, 0.05) is 80.4 Å². The van der Waals surface area contributed by atoms with Crippen molar-refractivity contribution in [2.75, 3.05) is 44.1 Å². The molecule has 3 aliphatic rings. The second-order valence-corrected chi connectivity index (χ2v) is 8.96. The molecule has 2 aliphatic heterocycles. The lowest BCUT2D eigenvalue weighted by Gasteiger charge is -2.42. The SMILES string of the molecule is [2H]CC1(C[2H])c2cc(N3CC([2H])([2H])C([2H])(N4C([2H])([2H])C([2H])([2H])OC([2H])([2H])C4([2H])[2H])C([2H])([2H])C3)c(CC)cc2C(=O)c2c1[nH]c1cc(C#N)ccc21. The third-order valence-corrected chi connectivity index (χ3v) is 6.85. The number of piperidine rings is 1. The van der Waals surface area contributed by atoms with Gasteiger partial charge in [0.25, 0.3) is 0 Å². The van der Waals surface area contributed by atoms with Gasteiger partial charge in [-0.05, 0) is 54.6 Å². The number of aromatic nitrogens is 1. The smallest absolute Gasteiger partial charge is 0.195 e. The summed E-state index contributed by atoms with van der Waals surface area (Å²) in [6.07, 6.45) is -6.23. The first-order valence-corrected chi connectivity index (χ1v) is 11.5. The summed E-state index contributed by atoms with van der Waals surface area (Å²) in [6, 6.07) is 6.26. The number of nitrogens with zero attached hydrogens (tertiary/aromatic N) is 3. The van der Waals surface area contributed by atoms with Crippen LogP contribution in [0.1, 0.15) is 92.3 Å². The topological polar surface area (TPSA) is 72.4 Å². The largest absolute Gasteiger partial charge is 0.379 e. The van der Waals surface area contributed by atoms with Gasteiger partial charge in [-0.2, -0.15) is 5.26 Å². The monoisotopic (exact) mass is 497 g/mol. The number of rotatable bonds is 3. The number of ketones is 1. The molecule has 6 nitrogen and oxygen atoms in total. The Bertz CT molecular complexity index is 1960. The summed E-state index contributed by atoms with van der Waals surface area (Å²) in [7, 11) is 0. The van der Waals surface area contributed by atoms with Gasteiger partial charge in [0.2, 0.25) is 0 Å². The van der Waals surface area contributed by atoms with Crippen LogP contribution in [0.15, 0.2) is 30.3 Å². The molecule has 2 saturated heterocycles. The number of aryl methyl sites for hydroxylation is 1. The molecule has 3 aromatic rings. The number of benzene rings is 2. The molecule has 0 unspecified atom stereocenters. The van der Waals surface area contributed by atoms with E-state index in [0.717, 1.165) is 0 Å². The van der Waals surface area contributed by atoms with Gasteiger partial charge < -0.3 is 14.6 Å². The van der Waals surface area contributed by atoms with Crippen molar-refractivity contribution in [3.63, 3.8) is 0 Å². The molecule has 0 atom stereocenters. The van der Waals surface area contributed by atoms with E-state index in [0.29, 0.717) is 27.7 Å². The molecule has 36 heavy (non-hydrogen) atoms. The highest BCUT2D eigenvalue weighted by atomic mass is 16.5. The highest BCUT2D eigenvalue weighted by Crippen LogP contribution is 2.46. The summed E-state index contributed by atoms with van der Waals surface area (Å²) in [4.78, 5) is 18.2. The second kappa shape index (κ2) is 8.76. The molecule has 6 heteroatoms. The van der Waals surface area contributed by atoms with E-state index in [1.807, 2.05) is 6.07 Å². The molecule has 0 bridgehead atoms. The Labute approximate surface area is 233 Å². The van der Waals surface area contributed by atoms with Gasteiger partial charge in [0.05, 0.1) is 35.8 Å². The third-order valence-electron chi connectivity index (χ3n) is 6.85. The molecular weight excluding hydrogens is 448 g/mol. The number of carbonyl (C=O) groups excluding carboxylic acids is 1. The molecular formula is C30H34N4O2. The number of aromatic amines is 1. The van der Waals surface area contributed by atoms with Gasteiger partial charge in [-0.3, -0.25) is 9.69 Å². The van der Waals surface area contributed by atoms with Crippen LogP contribution in [0.25, 0.3) is 10.9 Å². The van der Waals surface area contributed by atoms with Crippen LogP contribution in [0, 0.1) is 11.3 Å². The maximum Gasteiger partial charge on any atom is 0.195 e. The number of morpholine rings is 1. The molecule has 3 heterocycles. The number of nitriles is 1. The zero-order valence-electron chi connectivity index (χ0n) is 34.6. The molecule has 0 amide bonds. The normalized spacial score (nSPS) is 35.6. The quantitative estimate of drug-likeness (QED) is 0.564. The minimum absolute atomic E-state index is 0.185. The number of H-pyrrole nitrogens is 1. The lowest BCUT2D eigenvalue weighted by molar-refractivity contribution is 0.0115. The van der Waals surface area contributed by atoms with Gasteiger partial charge in [-0.1, -0.05) is 26.8 Å². The number of carbonyl (C=O) groups is 1. The number of nitrogens with one attached hydrogen (secondary N) is 1. The average Bonchev–Trinajstić information content (AvgIpc) is 3.41. The van der Waals surface area contributed by atoms with Crippen LogP contribution >= 0.6 is 0 Å². The first-order valence-electron chi connectivity index (χ1n) is 19.4. The third kappa shape index (κ3) is 3.56. The van der Waals surface area contributed by atoms with E-state index in [1.165, 1.54) is 11.0 Å². The van der Waals surface area contributed by atoms with E-state index in [1.54, 1.807) is 31.2 Å². The lowest BCUT2D eigenvalue weighted by Crippen LogP contribution is -2.49. The second-order valence-electron chi connectivity index (χ2n) is 8.96.